The molecule has 0 bridgehead atoms. The van der Waals surface area contributed by atoms with E-state index in [0.717, 1.165) is 25.1 Å². The van der Waals surface area contributed by atoms with Crippen molar-refractivity contribution in [3.05, 3.63) is 35.7 Å². The predicted octanol–water partition coefficient (Wildman–Crippen LogP) is 2.65. The zero-order valence-corrected chi connectivity index (χ0v) is 15.5. The second-order valence-corrected chi connectivity index (χ2v) is 8.08. The predicted molar refractivity (Wildman–Crippen MR) is 97.2 cm³/mol. The number of imidazole rings is 1. The van der Waals surface area contributed by atoms with E-state index in [-0.39, 0.29) is 17.4 Å². The van der Waals surface area contributed by atoms with Crippen LogP contribution in [-0.4, -0.2) is 31.7 Å². The van der Waals surface area contributed by atoms with Crippen molar-refractivity contribution >= 4 is 5.91 Å². The first-order valence-electron chi connectivity index (χ1n) is 9.23. The van der Waals surface area contributed by atoms with Crippen LogP contribution in [0, 0.1) is 5.41 Å². The van der Waals surface area contributed by atoms with Gasteiger partial charge in [0, 0.05) is 37.5 Å². The Balaban J connectivity index is 1.57. The highest BCUT2D eigenvalue weighted by Gasteiger charge is 2.27. The van der Waals surface area contributed by atoms with Gasteiger partial charge in [-0.1, -0.05) is 20.8 Å². The van der Waals surface area contributed by atoms with E-state index in [1.165, 1.54) is 24.1 Å². The number of amides is 1. The molecular formula is C19H29N5O. The minimum Gasteiger partial charge on any atom is -0.351 e. The van der Waals surface area contributed by atoms with Gasteiger partial charge in [-0.3, -0.25) is 9.89 Å². The van der Waals surface area contributed by atoms with E-state index < -0.39 is 0 Å². The van der Waals surface area contributed by atoms with Crippen molar-refractivity contribution in [3.63, 3.8) is 0 Å². The van der Waals surface area contributed by atoms with Gasteiger partial charge in [-0.05, 0) is 36.7 Å². The second kappa shape index (κ2) is 7.42. The summed E-state index contributed by atoms with van der Waals surface area (Å²) < 4.78 is 2.01. The zero-order valence-electron chi connectivity index (χ0n) is 15.5. The fourth-order valence-electron chi connectivity index (χ4n) is 3.40. The molecule has 0 aliphatic heterocycles. The first-order valence-corrected chi connectivity index (χ1v) is 9.23. The van der Waals surface area contributed by atoms with Crippen LogP contribution in [0.1, 0.15) is 57.0 Å². The van der Waals surface area contributed by atoms with Crippen LogP contribution in [0.25, 0.3) is 0 Å². The molecule has 0 fully saturated rings. The van der Waals surface area contributed by atoms with Gasteiger partial charge in [0.15, 0.2) is 0 Å². The van der Waals surface area contributed by atoms with Crippen LogP contribution in [0.3, 0.4) is 0 Å². The van der Waals surface area contributed by atoms with Crippen molar-refractivity contribution in [1.29, 1.82) is 0 Å². The monoisotopic (exact) mass is 343 g/mol. The van der Waals surface area contributed by atoms with Gasteiger partial charge in [0.1, 0.15) is 0 Å². The average Bonchev–Trinajstić information content (AvgIpc) is 3.21. The summed E-state index contributed by atoms with van der Waals surface area (Å²) in [5.41, 5.74) is 3.68. The van der Waals surface area contributed by atoms with Gasteiger partial charge in [0.05, 0.1) is 18.1 Å². The lowest BCUT2D eigenvalue weighted by molar-refractivity contribution is -0.122. The summed E-state index contributed by atoms with van der Waals surface area (Å²) in [5.74, 6) is 0.0904. The Bertz CT molecular complexity index is 696. The van der Waals surface area contributed by atoms with Crippen molar-refractivity contribution in [1.82, 2.24) is 25.1 Å². The van der Waals surface area contributed by atoms with Crippen molar-refractivity contribution in [2.24, 2.45) is 5.41 Å². The van der Waals surface area contributed by atoms with E-state index >= 15 is 0 Å². The van der Waals surface area contributed by atoms with E-state index in [4.69, 9.17) is 0 Å². The fraction of sp³-hybridized carbons (Fsp3) is 0.632. The number of aryl methyl sites for hydroxylation is 2. The summed E-state index contributed by atoms with van der Waals surface area (Å²) in [5, 5.41) is 10.8. The second-order valence-electron chi connectivity index (χ2n) is 8.08. The standard InChI is InChI=1S/C19H29N5O/c1-19(2,3)17(12-24-11-10-20-13-24)21-18(25)9-8-16-14-6-4-5-7-15(14)22-23-16/h10-11,13,17H,4-9,12H2,1-3H3,(H,21,25)(H,22,23)/t17-/m0/s1. The number of hydrogen-bond donors (Lipinski definition) is 2. The molecule has 2 N–H and O–H groups in total. The zero-order chi connectivity index (χ0) is 17.9. The molecule has 0 radical (unpaired) electrons. The third-order valence-electron chi connectivity index (χ3n) is 5.06. The molecule has 6 heteroatoms. The number of hydrogen-bond acceptors (Lipinski definition) is 3. The number of H-pyrrole nitrogens is 1. The largest absolute Gasteiger partial charge is 0.351 e. The number of carbonyl (C=O) groups is 1. The van der Waals surface area contributed by atoms with Crippen LogP contribution in [-0.2, 0) is 30.6 Å². The number of nitrogens with one attached hydrogen (secondary N) is 2. The van der Waals surface area contributed by atoms with Gasteiger partial charge in [-0.25, -0.2) is 4.98 Å². The molecule has 1 atom stereocenters. The number of rotatable bonds is 6. The maximum absolute atomic E-state index is 12.5. The molecule has 1 aliphatic rings. The molecule has 25 heavy (non-hydrogen) atoms. The summed E-state index contributed by atoms with van der Waals surface area (Å²) in [4.78, 5) is 16.6. The number of aromatic nitrogens is 4. The van der Waals surface area contributed by atoms with Crippen LogP contribution in [0.2, 0.25) is 0 Å². The number of nitrogens with zero attached hydrogens (tertiary/aromatic N) is 3. The molecule has 2 heterocycles. The van der Waals surface area contributed by atoms with Gasteiger partial charge in [-0.2, -0.15) is 5.10 Å². The molecule has 0 saturated heterocycles. The molecular weight excluding hydrogens is 314 g/mol. The van der Waals surface area contributed by atoms with E-state index in [2.05, 4.69) is 41.3 Å². The summed E-state index contributed by atoms with van der Waals surface area (Å²) >= 11 is 0. The average molecular weight is 343 g/mol. The fourth-order valence-corrected chi connectivity index (χ4v) is 3.40. The van der Waals surface area contributed by atoms with E-state index in [1.54, 1.807) is 12.5 Å². The molecule has 0 spiro atoms. The topological polar surface area (TPSA) is 75.6 Å². The third kappa shape index (κ3) is 4.50. The van der Waals surface area contributed by atoms with Crippen molar-refractivity contribution < 1.29 is 4.79 Å². The van der Waals surface area contributed by atoms with Crippen LogP contribution in [0.4, 0.5) is 0 Å². The summed E-state index contributed by atoms with van der Waals surface area (Å²) in [6.45, 7) is 7.18. The first-order chi connectivity index (χ1) is 11.9. The molecule has 0 aromatic carbocycles. The lowest BCUT2D eigenvalue weighted by Crippen LogP contribution is -2.46. The van der Waals surface area contributed by atoms with Gasteiger partial charge < -0.3 is 9.88 Å². The Hall–Kier alpha value is -2.11. The van der Waals surface area contributed by atoms with Gasteiger partial charge in [0.2, 0.25) is 5.91 Å². The molecule has 1 aliphatic carbocycles. The number of fused-ring (bicyclic) bond motifs is 1. The quantitative estimate of drug-likeness (QED) is 0.846. The Labute approximate surface area is 149 Å². The molecule has 1 amide bonds. The highest BCUT2D eigenvalue weighted by molar-refractivity contribution is 5.76. The third-order valence-corrected chi connectivity index (χ3v) is 5.06. The smallest absolute Gasteiger partial charge is 0.220 e. The first kappa shape index (κ1) is 17.7. The van der Waals surface area contributed by atoms with Crippen molar-refractivity contribution in [2.45, 2.75) is 71.9 Å². The van der Waals surface area contributed by atoms with E-state index in [0.29, 0.717) is 12.8 Å². The Morgan fingerprint density at radius 1 is 1.36 bits per heavy atom. The van der Waals surface area contributed by atoms with Crippen molar-refractivity contribution in [3.8, 4) is 0 Å². The molecule has 2 aromatic rings. The highest BCUT2D eigenvalue weighted by atomic mass is 16.1. The van der Waals surface area contributed by atoms with Crippen LogP contribution in [0.5, 0.6) is 0 Å². The maximum atomic E-state index is 12.5. The van der Waals surface area contributed by atoms with E-state index in [1.807, 2.05) is 10.8 Å². The van der Waals surface area contributed by atoms with Gasteiger partial charge in [-0.15, -0.1) is 0 Å². The lowest BCUT2D eigenvalue weighted by atomic mass is 9.86. The SMILES string of the molecule is CC(C)(C)[C@H](Cn1ccnc1)NC(=O)CCc1n[nH]c2c1CCCC2. The molecule has 6 nitrogen and oxygen atoms in total. The minimum atomic E-state index is -0.0224. The van der Waals surface area contributed by atoms with Crippen LogP contribution in [0.15, 0.2) is 18.7 Å². The normalized spacial score (nSPS) is 15.6. The van der Waals surface area contributed by atoms with Gasteiger partial charge >= 0.3 is 0 Å². The van der Waals surface area contributed by atoms with Gasteiger partial charge in [0.25, 0.3) is 0 Å². The van der Waals surface area contributed by atoms with Crippen LogP contribution < -0.4 is 5.32 Å². The Morgan fingerprint density at radius 2 is 2.16 bits per heavy atom. The molecule has 0 saturated carbocycles. The Kier molecular flexibility index (Phi) is 5.25. The highest BCUT2D eigenvalue weighted by Crippen LogP contribution is 2.23. The summed E-state index contributed by atoms with van der Waals surface area (Å²) in [6.07, 6.45) is 11.3. The number of carbonyl (C=O) groups excluding carboxylic acids is 1. The lowest BCUT2D eigenvalue weighted by Gasteiger charge is -2.31. The van der Waals surface area contributed by atoms with Crippen molar-refractivity contribution in [2.75, 3.05) is 0 Å². The number of aromatic amines is 1. The molecule has 0 unspecified atom stereocenters. The maximum Gasteiger partial charge on any atom is 0.220 e. The Morgan fingerprint density at radius 3 is 2.88 bits per heavy atom. The molecule has 3 rings (SSSR count). The summed E-state index contributed by atoms with van der Waals surface area (Å²) in [7, 11) is 0. The van der Waals surface area contributed by atoms with E-state index in [9.17, 15) is 4.79 Å². The molecule has 2 aromatic heterocycles. The minimum absolute atomic E-state index is 0.0224. The summed E-state index contributed by atoms with van der Waals surface area (Å²) in [6, 6.07) is 0.0577. The molecule has 136 valence electrons. The van der Waals surface area contributed by atoms with Crippen LogP contribution >= 0.6 is 0 Å².